The number of nitriles is 1. The fraction of sp³-hybridized carbons (Fsp3) is 0.607. The molecule has 2 N–H and O–H groups in total. The number of nitrogens with one attached hydrogen (secondary N) is 2. The van der Waals surface area contributed by atoms with Gasteiger partial charge in [0.1, 0.15) is 29.7 Å². The SMILES string of the molecule is CN(C(=O)[C@H](CC1CC1)NC(=O)C(F)(F)F)[C@@H](CC1CC1)C(=O)N1C[C@@]2(C[C@H]1C#N)Oc1cc(F)ccc1CNC2=O. The molecule has 0 radical (unpaired) electrons. The first-order chi connectivity index (χ1) is 19.8. The molecule has 3 fully saturated rings. The van der Waals surface area contributed by atoms with E-state index in [0.717, 1.165) is 28.7 Å². The minimum atomic E-state index is -5.19. The molecule has 2 heterocycles. The molecular formula is C28H31F4N5O5. The van der Waals surface area contributed by atoms with E-state index in [1.165, 1.54) is 19.2 Å². The molecule has 1 spiro atoms. The van der Waals surface area contributed by atoms with Gasteiger partial charge in [0.15, 0.2) is 0 Å². The van der Waals surface area contributed by atoms with E-state index in [9.17, 15) is 42.0 Å². The highest BCUT2D eigenvalue weighted by Gasteiger charge is 2.56. The Morgan fingerprint density at radius 3 is 2.50 bits per heavy atom. The summed E-state index contributed by atoms with van der Waals surface area (Å²) in [6, 6.07) is 2.07. The van der Waals surface area contributed by atoms with E-state index in [-0.39, 0.29) is 49.9 Å². The molecule has 0 unspecified atom stereocenters. The molecule has 1 aromatic carbocycles. The van der Waals surface area contributed by atoms with E-state index in [4.69, 9.17) is 4.74 Å². The highest BCUT2D eigenvalue weighted by Crippen LogP contribution is 2.40. The van der Waals surface area contributed by atoms with Crippen molar-refractivity contribution in [1.29, 1.82) is 5.26 Å². The van der Waals surface area contributed by atoms with Crippen LogP contribution in [0.15, 0.2) is 18.2 Å². The Labute approximate surface area is 239 Å². The van der Waals surface area contributed by atoms with Crippen LogP contribution in [0.4, 0.5) is 17.6 Å². The van der Waals surface area contributed by atoms with Crippen molar-refractivity contribution in [2.24, 2.45) is 11.8 Å². The number of alkyl halides is 3. The van der Waals surface area contributed by atoms with Crippen LogP contribution >= 0.6 is 0 Å². The van der Waals surface area contributed by atoms with Crippen molar-refractivity contribution in [3.05, 3.63) is 29.6 Å². The molecule has 10 nitrogen and oxygen atoms in total. The predicted molar refractivity (Wildman–Crippen MR) is 137 cm³/mol. The number of hydrogen-bond donors (Lipinski definition) is 2. The summed E-state index contributed by atoms with van der Waals surface area (Å²) in [5.41, 5.74) is -1.18. The highest BCUT2D eigenvalue weighted by atomic mass is 19.4. The average Bonchev–Trinajstić information content (AvgIpc) is 3.87. The third-order valence-corrected chi connectivity index (χ3v) is 8.43. The Balaban J connectivity index is 1.39. The zero-order chi connectivity index (χ0) is 30.4. The second kappa shape index (κ2) is 11.1. The normalized spacial score (nSPS) is 24.9. The largest absolute Gasteiger partial charge is 0.475 e. The standard InChI is InChI=1S/C28H31F4N5O5/c1-36(23(38)20(8-15-2-3-15)35-26(41)28(30,31)32)21(9-16-4-5-16)24(39)37-14-27(11-19(37)12-33)25(40)34-13-17-6-7-18(29)10-22(17)42-27/h6-7,10,15-16,19-21H,2-5,8-9,11,13-14H2,1H3,(H,34,40)(H,35,41)/t19-,20-,21-,27+/m0/s1. The third kappa shape index (κ3) is 6.15. The fourth-order valence-corrected chi connectivity index (χ4v) is 5.65. The average molecular weight is 594 g/mol. The molecule has 1 saturated heterocycles. The molecule has 42 heavy (non-hydrogen) atoms. The molecule has 1 aromatic rings. The summed E-state index contributed by atoms with van der Waals surface area (Å²) < 4.78 is 59.1. The molecule has 4 aliphatic rings. The van der Waals surface area contributed by atoms with Crippen LogP contribution in [-0.4, -0.2) is 76.9 Å². The lowest BCUT2D eigenvalue weighted by molar-refractivity contribution is -0.175. The van der Waals surface area contributed by atoms with Crippen molar-refractivity contribution in [2.45, 2.75) is 81.4 Å². The van der Waals surface area contributed by atoms with E-state index >= 15 is 0 Å². The lowest BCUT2D eigenvalue weighted by atomic mass is 9.99. The maximum absolute atomic E-state index is 14.0. The van der Waals surface area contributed by atoms with Gasteiger partial charge in [-0.1, -0.05) is 31.7 Å². The smallest absolute Gasteiger partial charge is 0.471 e. The predicted octanol–water partition coefficient (Wildman–Crippen LogP) is 2.17. The maximum atomic E-state index is 14.0. The van der Waals surface area contributed by atoms with E-state index in [2.05, 4.69) is 5.32 Å². The fourth-order valence-electron chi connectivity index (χ4n) is 5.65. The van der Waals surface area contributed by atoms with E-state index in [1.54, 1.807) is 5.32 Å². The van der Waals surface area contributed by atoms with Crippen LogP contribution in [0.25, 0.3) is 0 Å². The number of carbonyl (C=O) groups excluding carboxylic acids is 4. The number of benzene rings is 1. The van der Waals surface area contributed by atoms with Crippen LogP contribution in [0.2, 0.25) is 0 Å². The van der Waals surface area contributed by atoms with E-state index in [1.807, 2.05) is 6.07 Å². The summed E-state index contributed by atoms with van der Waals surface area (Å²) in [5.74, 6) is -4.74. The van der Waals surface area contributed by atoms with E-state index in [0.29, 0.717) is 18.4 Å². The van der Waals surface area contributed by atoms with Crippen LogP contribution < -0.4 is 15.4 Å². The van der Waals surface area contributed by atoms with Gasteiger partial charge in [0.25, 0.3) is 5.91 Å². The van der Waals surface area contributed by atoms with Gasteiger partial charge in [-0.15, -0.1) is 0 Å². The number of rotatable bonds is 8. The lowest BCUT2D eigenvalue weighted by Crippen LogP contribution is -2.58. The molecule has 0 bridgehead atoms. The van der Waals surface area contributed by atoms with Crippen molar-refractivity contribution in [1.82, 2.24) is 20.4 Å². The number of halogens is 4. The number of likely N-dealkylation sites (tertiary alicyclic amines) is 1. The van der Waals surface area contributed by atoms with Crippen LogP contribution in [0.1, 0.15) is 50.5 Å². The zero-order valence-corrected chi connectivity index (χ0v) is 22.9. The monoisotopic (exact) mass is 593 g/mol. The summed E-state index contributed by atoms with van der Waals surface area (Å²) in [7, 11) is 1.30. The van der Waals surface area contributed by atoms with E-state index < -0.39 is 59.3 Å². The number of amides is 4. The Kier molecular flexibility index (Phi) is 7.80. The van der Waals surface area contributed by atoms with Gasteiger partial charge >= 0.3 is 12.1 Å². The van der Waals surface area contributed by atoms with Gasteiger partial charge in [-0.25, -0.2) is 4.39 Å². The first-order valence-corrected chi connectivity index (χ1v) is 13.9. The second-order valence-electron chi connectivity index (χ2n) is 11.7. The zero-order valence-electron chi connectivity index (χ0n) is 22.9. The van der Waals surface area contributed by atoms with Gasteiger partial charge < -0.3 is 25.2 Å². The Hall–Kier alpha value is -3.89. The first-order valence-electron chi connectivity index (χ1n) is 13.9. The van der Waals surface area contributed by atoms with Crippen molar-refractivity contribution in [2.75, 3.05) is 13.6 Å². The molecule has 2 aliphatic carbocycles. The number of likely N-dealkylation sites (N-methyl/N-ethyl adjacent to an activating group) is 1. The molecule has 14 heteroatoms. The van der Waals surface area contributed by atoms with Gasteiger partial charge in [0.05, 0.1) is 12.6 Å². The number of nitrogens with zero attached hydrogens (tertiary/aromatic N) is 3. The number of ether oxygens (including phenoxy) is 1. The Bertz CT molecular complexity index is 1320. The van der Waals surface area contributed by atoms with Crippen molar-refractivity contribution in [3.63, 3.8) is 0 Å². The lowest BCUT2D eigenvalue weighted by Gasteiger charge is -2.34. The van der Waals surface area contributed by atoms with Crippen molar-refractivity contribution in [3.8, 4) is 11.8 Å². The van der Waals surface area contributed by atoms with Crippen LogP contribution in [0.5, 0.6) is 5.75 Å². The molecule has 4 amide bonds. The van der Waals surface area contributed by atoms with Gasteiger partial charge in [0, 0.05) is 31.6 Å². The van der Waals surface area contributed by atoms with Crippen LogP contribution in [0.3, 0.4) is 0 Å². The minimum absolute atomic E-state index is 0.00690. The summed E-state index contributed by atoms with van der Waals surface area (Å²) >= 11 is 0. The topological polar surface area (TPSA) is 132 Å². The van der Waals surface area contributed by atoms with Crippen LogP contribution in [0, 0.1) is 29.0 Å². The summed E-state index contributed by atoms with van der Waals surface area (Å²) in [6.45, 7) is -0.305. The van der Waals surface area contributed by atoms with Crippen molar-refractivity contribution >= 4 is 23.6 Å². The van der Waals surface area contributed by atoms with Crippen molar-refractivity contribution < 1.29 is 41.5 Å². The quantitative estimate of drug-likeness (QED) is 0.445. The van der Waals surface area contributed by atoms with Crippen LogP contribution in [-0.2, 0) is 25.7 Å². The highest BCUT2D eigenvalue weighted by molar-refractivity contribution is 5.94. The van der Waals surface area contributed by atoms with Gasteiger partial charge in [-0.2, -0.15) is 18.4 Å². The molecular weight excluding hydrogens is 562 g/mol. The molecule has 2 aliphatic heterocycles. The summed E-state index contributed by atoms with van der Waals surface area (Å²) in [6.07, 6.45) is -2.17. The Morgan fingerprint density at radius 2 is 1.88 bits per heavy atom. The maximum Gasteiger partial charge on any atom is 0.471 e. The first kappa shape index (κ1) is 29.6. The number of hydrogen-bond acceptors (Lipinski definition) is 6. The number of carbonyl (C=O) groups is 4. The molecule has 2 saturated carbocycles. The molecule has 226 valence electrons. The minimum Gasteiger partial charge on any atom is -0.475 e. The van der Waals surface area contributed by atoms with Gasteiger partial charge in [0.2, 0.25) is 17.4 Å². The second-order valence-corrected chi connectivity index (χ2v) is 11.7. The van der Waals surface area contributed by atoms with Gasteiger partial charge in [-0.05, 0) is 30.7 Å². The Morgan fingerprint density at radius 1 is 1.21 bits per heavy atom. The number of fused-ring (bicyclic) bond motifs is 1. The summed E-state index contributed by atoms with van der Waals surface area (Å²) in [4.78, 5) is 54.8. The summed E-state index contributed by atoms with van der Waals surface area (Å²) in [5, 5.41) is 14.5. The molecule has 4 atom stereocenters. The third-order valence-electron chi connectivity index (χ3n) is 8.43. The molecule has 0 aromatic heterocycles. The van der Waals surface area contributed by atoms with Gasteiger partial charge in [-0.3, -0.25) is 19.2 Å². The molecule has 5 rings (SSSR count).